The lowest BCUT2D eigenvalue weighted by atomic mass is 10.1. The van der Waals surface area contributed by atoms with Crippen LogP contribution in [0.15, 0.2) is 48.5 Å². The second-order valence-corrected chi connectivity index (χ2v) is 5.73. The van der Waals surface area contributed by atoms with E-state index < -0.39 is 6.10 Å². The van der Waals surface area contributed by atoms with Crippen molar-refractivity contribution in [2.75, 3.05) is 13.7 Å². The van der Waals surface area contributed by atoms with Gasteiger partial charge in [-0.2, -0.15) is 0 Å². The number of nitrogens with one attached hydrogen (secondary N) is 1. The lowest BCUT2D eigenvalue weighted by Gasteiger charge is -2.14. The standard InChI is InChI=1S/C19H25NO3/c1-14(2)23-17-9-7-15(8-10-17)12-20-13-19(21)16-5-4-6-18(11-16)22-3/h4-11,14,19-21H,12-13H2,1-3H3. The van der Waals surface area contributed by atoms with Crippen molar-refractivity contribution in [1.82, 2.24) is 5.32 Å². The third-order valence-corrected chi connectivity index (χ3v) is 3.44. The minimum atomic E-state index is -0.561. The second-order valence-electron chi connectivity index (χ2n) is 5.73. The average molecular weight is 315 g/mol. The van der Waals surface area contributed by atoms with Crippen LogP contribution in [0.5, 0.6) is 11.5 Å². The van der Waals surface area contributed by atoms with Crippen LogP contribution in [0.1, 0.15) is 31.1 Å². The smallest absolute Gasteiger partial charge is 0.119 e. The summed E-state index contributed by atoms with van der Waals surface area (Å²) in [5, 5.41) is 13.5. The molecule has 0 aliphatic rings. The van der Waals surface area contributed by atoms with Crippen molar-refractivity contribution in [3.63, 3.8) is 0 Å². The second kappa shape index (κ2) is 8.56. The van der Waals surface area contributed by atoms with E-state index in [2.05, 4.69) is 5.32 Å². The fraction of sp³-hybridized carbons (Fsp3) is 0.368. The van der Waals surface area contributed by atoms with Gasteiger partial charge in [-0.05, 0) is 49.2 Å². The van der Waals surface area contributed by atoms with Crippen LogP contribution in [0, 0.1) is 0 Å². The summed E-state index contributed by atoms with van der Waals surface area (Å²) >= 11 is 0. The van der Waals surface area contributed by atoms with Crippen LogP contribution in [0.25, 0.3) is 0 Å². The maximum absolute atomic E-state index is 10.2. The van der Waals surface area contributed by atoms with E-state index in [1.54, 1.807) is 7.11 Å². The van der Waals surface area contributed by atoms with Crippen molar-refractivity contribution < 1.29 is 14.6 Å². The summed E-state index contributed by atoms with van der Waals surface area (Å²) in [7, 11) is 1.62. The molecule has 0 fully saturated rings. The molecule has 2 rings (SSSR count). The van der Waals surface area contributed by atoms with Gasteiger partial charge in [0, 0.05) is 13.1 Å². The van der Waals surface area contributed by atoms with Crippen LogP contribution in [0.4, 0.5) is 0 Å². The number of aliphatic hydroxyl groups excluding tert-OH is 1. The third kappa shape index (κ3) is 5.58. The monoisotopic (exact) mass is 315 g/mol. The van der Waals surface area contributed by atoms with E-state index in [9.17, 15) is 5.11 Å². The number of hydrogen-bond acceptors (Lipinski definition) is 4. The topological polar surface area (TPSA) is 50.7 Å². The zero-order chi connectivity index (χ0) is 16.7. The van der Waals surface area contributed by atoms with E-state index in [4.69, 9.17) is 9.47 Å². The van der Waals surface area contributed by atoms with Gasteiger partial charge in [0.2, 0.25) is 0 Å². The molecule has 124 valence electrons. The van der Waals surface area contributed by atoms with Crippen molar-refractivity contribution in [2.24, 2.45) is 0 Å². The molecule has 0 heterocycles. The van der Waals surface area contributed by atoms with E-state index in [1.807, 2.05) is 62.4 Å². The van der Waals surface area contributed by atoms with Crippen LogP contribution in [0.2, 0.25) is 0 Å². The minimum Gasteiger partial charge on any atom is -0.497 e. The molecule has 0 saturated carbocycles. The highest BCUT2D eigenvalue weighted by Gasteiger charge is 2.08. The average Bonchev–Trinajstić information content (AvgIpc) is 2.56. The van der Waals surface area contributed by atoms with Gasteiger partial charge in [0.1, 0.15) is 11.5 Å². The Labute approximate surface area is 138 Å². The molecule has 0 aliphatic heterocycles. The Hall–Kier alpha value is -2.04. The van der Waals surface area contributed by atoms with Crippen LogP contribution in [-0.4, -0.2) is 24.9 Å². The summed E-state index contributed by atoms with van der Waals surface area (Å²) in [5.74, 6) is 1.63. The first-order valence-corrected chi connectivity index (χ1v) is 7.87. The Kier molecular flexibility index (Phi) is 6.44. The number of ether oxygens (including phenoxy) is 2. The lowest BCUT2D eigenvalue weighted by Crippen LogP contribution is -2.21. The van der Waals surface area contributed by atoms with Crippen molar-refractivity contribution in [2.45, 2.75) is 32.6 Å². The first kappa shape index (κ1) is 17.3. The number of methoxy groups -OCH3 is 1. The maximum Gasteiger partial charge on any atom is 0.119 e. The molecule has 23 heavy (non-hydrogen) atoms. The summed E-state index contributed by atoms with van der Waals surface area (Å²) in [4.78, 5) is 0. The van der Waals surface area contributed by atoms with Crippen molar-refractivity contribution in [3.8, 4) is 11.5 Å². The van der Waals surface area contributed by atoms with Crippen LogP contribution in [-0.2, 0) is 6.54 Å². The number of hydrogen-bond donors (Lipinski definition) is 2. The Bertz CT molecular complexity index is 596. The Morgan fingerprint density at radius 2 is 1.78 bits per heavy atom. The van der Waals surface area contributed by atoms with Gasteiger partial charge >= 0.3 is 0 Å². The van der Waals surface area contributed by atoms with Crippen molar-refractivity contribution in [1.29, 1.82) is 0 Å². The SMILES string of the molecule is COc1cccc(C(O)CNCc2ccc(OC(C)C)cc2)c1. The molecule has 0 saturated heterocycles. The van der Waals surface area contributed by atoms with Gasteiger partial charge in [-0.1, -0.05) is 24.3 Å². The molecule has 1 unspecified atom stereocenters. The first-order valence-electron chi connectivity index (χ1n) is 7.87. The van der Waals surface area contributed by atoms with E-state index in [0.717, 1.165) is 22.6 Å². The Balaban J connectivity index is 1.81. The molecule has 0 amide bonds. The van der Waals surface area contributed by atoms with Gasteiger partial charge in [-0.3, -0.25) is 0 Å². The van der Waals surface area contributed by atoms with Crippen LogP contribution in [0.3, 0.4) is 0 Å². The van der Waals surface area contributed by atoms with Gasteiger partial charge in [0.15, 0.2) is 0 Å². The number of rotatable bonds is 8. The van der Waals surface area contributed by atoms with Crippen molar-refractivity contribution >= 4 is 0 Å². The molecule has 2 aromatic carbocycles. The minimum absolute atomic E-state index is 0.178. The highest BCUT2D eigenvalue weighted by Crippen LogP contribution is 2.19. The Morgan fingerprint density at radius 3 is 2.43 bits per heavy atom. The summed E-state index contributed by atoms with van der Waals surface area (Å²) in [5.41, 5.74) is 2.00. The van der Waals surface area contributed by atoms with Gasteiger partial charge < -0.3 is 19.9 Å². The molecule has 2 aromatic rings. The van der Waals surface area contributed by atoms with Gasteiger partial charge in [0.25, 0.3) is 0 Å². The normalized spacial score (nSPS) is 12.2. The van der Waals surface area contributed by atoms with Gasteiger partial charge in [-0.15, -0.1) is 0 Å². The lowest BCUT2D eigenvalue weighted by molar-refractivity contribution is 0.174. The molecule has 4 nitrogen and oxygen atoms in total. The predicted molar refractivity (Wildman–Crippen MR) is 91.9 cm³/mol. The van der Waals surface area contributed by atoms with Crippen molar-refractivity contribution in [3.05, 3.63) is 59.7 Å². The fourth-order valence-corrected chi connectivity index (χ4v) is 2.28. The number of aliphatic hydroxyl groups is 1. The molecule has 4 heteroatoms. The molecule has 0 spiro atoms. The first-order chi connectivity index (χ1) is 11.1. The van der Waals surface area contributed by atoms with E-state index in [1.165, 1.54) is 0 Å². The van der Waals surface area contributed by atoms with E-state index in [-0.39, 0.29) is 6.10 Å². The third-order valence-electron chi connectivity index (χ3n) is 3.44. The maximum atomic E-state index is 10.2. The largest absolute Gasteiger partial charge is 0.497 e. The summed E-state index contributed by atoms with van der Waals surface area (Å²) < 4.78 is 10.8. The molecule has 2 N–H and O–H groups in total. The van der Waals surface area contributed by atoms with E-state index >= 15 is 0 Å². The van der Waals surface area contributed by atoms with Crippen LogP contribution < -0.4 is 14.8 Å². The molecule has 1 atom stereocenters. The molecule has 0 bridgehead atoms. The molecular weight excluding hydrogens is 290 g/mol. The molecular formula is C19H25NO3. The molecule has 0 aliphatic carbocycles. The number of benzene rings is 2. The van der Waals surface area contributed by atoms with Gasteiger partial charge in [-0.25, -0.2) is 0 Å². The Morgan fingerprint density at radius 1 is 1.04 bits per heavy atom. The highest BCUT2D eigenvalue weighted by atomic mass is 16.5. The zero-order valence-electron chi connectivity index (χ0n) is 14.0. The summed E-state index contributed by atoms with van der Waals surface area (Å²) in [6, 6.07) is 15.5. The highest BCUT2D eigenvalue weighted by molar-refractivity contribution is 5.30. The summed E-state index contributed by atoms with van der Waals surface area (Å²) in [6.45, 7) is 5.20. The molecule has 0 radical (unpaired) electrons. The van der Waals surface area contributed by atoms with E-state index in [0.29, 0.717) is 13.1 Å². The van der Waals surface area contributed by atoms with Crippen LogP contribution >= 0.6 is 0 Å². The zero-order valence-corrected chi connectivity index (χ0v) is 14.0. The summed E-state index contributed by atoms with van der Waals surface area (Å²) in [6.07, 6.45) is -0.384. The van der Waals surface area contributed by atoms with Gasteiger partial charge in [0.05, 0.1) is 19.3 Å². The quantitative estimate of drug-likeness (QED) is 0.785. The molecule has 0 aromatic heterocycles. The predicted octanol–water partition coefficient (Wildman–Crippen LogP) is 3.31. The fourth-order valence-electron chi connectivity index (χ4n) is 2.28.